The number of carbonyl (C=O) groups is 1. The zero-order valence-electron chi connectivity index (χ0n) is 10.9. The molecule has 0 saturated carbocycles. The molecule has 0 aliphatic heterocycles. The molecule has 0 unspecified atom stereocenters. The van der Waals surface area contributed by atoms with Crippen molar-refractivity contribution < 1.29 is 14.3 Å². The maximum atomic E-state index is 14.0. The Kier molecular flexibility index (Phi) is 3.33. The molecule has 5 nitrogen and oxygen atoms in total. The molecule has 0 radical (unpaired) electrons. The third kappa shape index (κ3) is 2.33. The second kappa shape index (κ2) is 4.79. The van der Waals surface area contributed by atoms with Gasteiger partial charge < -0.3 is 5.11 Å². The normalized spacial score (nSPS) is 11.0. The molecule has 0 aliphatic rings. The van der Waals surface area contributed by atoms with Gasteiger partial charge >= 0.3 is 5.97 Å². The van der Waals surface area contributed by atoms with Crippen LogP contribution in [0.15, 0.2) is 18.2 Å². The number of aromatic carboxylic acids is 1. The first-order chi connectivity index (χ1) is 8.91. The molecule has 100 valence electrons. The molecule has 2 aromatic rings. The second-order valence-corrected chi connectivity index (χ2v) is 4.57. The third-order valence-corrected chi connectivity index (χ3v) is 2.74. The highest BCUT2D eigenvalue weighted by Gasteiger charge is 2.21. The highest BCUT2D eigenvalue weighted by atomic mass is 19.1. The van der Waals surface area contributed by atoms with Crippen LogP contribution in [0.1, 0.15) is 41.8 Å². The Morgan fingerprint density at radius 2 is 2.11 bits per heavy atom. The maximum Gasteiger partial charge on any atom is 0.375 e. The maximum absolute atomic E-state index is 14.0. The fourth-order valence-corrected chi connectivity index (χ4v) is 1.84. The molecule has 0 bridgehead atoms. The minimum atomic E-state index is -1.23. The van der Waals surface area contributed by atoms with Crippen molar-refractivity contribution in [2.24, 2.45) is 0 Å². The molecular weight excluding hydrogens is 249 g/mol. The third-order valence-electron chi connectivity index (χ3n) is 2.74. The SMILES string of the molecule is Cc1cccc(F)c1-n1nc(C(=O)O)nc1C(C)C. The molecule has 6 heteroatoms. The average molecular weight is 263 g/mol. The molecule has 0 saturated heterocycles. The highest BCUT2D eigenvalue weighted by molar-refractivity contribution is 5.83. The van der Waals surface area contributed by atoms with E-state index in [1.807, 2.05) is 13.8 Å². The Balaban J connectivity index is 2.70. The first-order valence-corrected chi connectivity index (χ1v) is 5.87. The van der Waals surface area contributed by atoms with Crippen molar-refractivity contribution in [3.63, 3.8) is 0 Å². The lowest BCUT2D eigenvalue weighted by molar-refractivity contribution is 0.0683. The molecule has 19 heavy (non-hydrogen) atoms. The summed E-state index contributed by atoms with van der Waals surface area (Å²) in [5.74, 6) is -1.66. The van der Waals surface area contributed by atoms with E-state index in [0.717, 1.165) is 0 Å². The second-order valence-electron chi connectivity index (χ2n) is 4.57. The molecule has 0 atom stereocenters. The summed E-state index contributed by atoms with van der Waals surface area (Å²) in [5.41, 5.74) is 0.912. The van der Waals surface area contributed by atoms with Crippen LogP contribution in [-0.4, -0.2) is 25.8 Å². The summed E-state index contributed by atoms with van der Waals surface area (Å²) < 4.78 is 15.2. The van der Waals surface area contributed by atoms with Gasteiger partial charge in [0, 0.05) is 5.92 Å². The van der Waals surface area contributed by atoms with E-state index in [2.05, 4.69) is 10.1 Å². The van der Waals surface area contributed by atoms with Gasteiger partial charge in [-0.1, -0.05) is 26.0 Å². The summed E-state index contributed by atoms with van der Waals surface area (Å²) >= 11 is 0. The van der Waals surface area contributed by atoms with Crippen LogP contribution in [0, 0.1) is 12.7 Å². The van der Waals surface area contributed by atoms with Crippen molar-refractivity contribution in [2.75, 3.05) is 0 Å². The largest absolute Gasteiger partial charge is 0.475 e. The van der Waals surface area contributed by atoms with Crippen LogP contribution in [0.2, 0.25) is 0 Å². The molecule has 2 rings (SSSR count). The first kappa shape index (κ1) is 13.2. The minimum Gasteiger partial charge on any atom is -0.475 e. The fourth-order valence-electron chi connectivity index (χ4n) is 1.84. The number of carboxylic acid groups (broad SMARTS) is 1. The number of halogens is 1. The van der Waals surface area contributed by atoms with Crippen molar-refractivity contribution in [1.82, 2.24) is 14.8 Å². The van der Waals surface area contributed by atoms with Crippen LogP contribution in [0.25, 0.3) is 5.69 Å². The Hall–Kier alpha value is -2.24. The molecule has 1 N–H and O–H groups in total. The van der Waals surface area contributed by atoms with Crippen LogP contribution < -0.4 is 0 Å². The number of aryl methyl sites for hydroxylation is 1. The fraction of sp³-hybridized carbons (Fsp3) is 0.308. The molecule has 0 fully saturated rings. The number of carboxylic acids is 1. The zero-order chi connectivity index (χ0) is 14.2. The highest BCUT2D eigenvalue weighted by Crippen LogP contribution is 2.22. The van der Waals surface area contributed by atoms with Crippen LogP contribution in [0.3, 0.4) is 0 Å². The van der Waals surface area contributed by atoms with Crippen LogP contribution in [-0.2, 0) is 0 Å². The molecule has 1 heterocycles. The quantitative estimate of drug-likeness (QED) is 0.924. The summed E-state index contributed by atoms with van der Waals surface area (Å²) in [6.45, 7) is 5.44. The van der Waals surface area contributed by atoms with Gasteiger partial charge in [-0.2, -0.15) is 0 Å². The van der Waals surface area contributed by atoms with E-state index in [1.165, 1.54) is 10.7 Å². The van der Waals surface area contributed by atoms with Crippen molar-refractivity contribution in [3.05, 3.63) is 41.2 Å². The van der Waals surface area contributed by atoms with Gasteiger partial charge in [-0.25, -0.2) is 18.9 Å². The number of rotatable bonds is 3. The van der Waals surface area contributed by atoms with Crippen molar-refractivity contribution in [2.45, 2.75) is 26.7 Å². The molecule has 0 aliphatic carbocycles. The summed E-state index contributed by atoms with van der Waals surface area (Å²) in [4.78, 5) is 14.9. The number of hydrogen-bond acceptors (Lipinski definition) is 3. The van der Waals surface area contributed by atoms with Crippen LogP contribution in [0.4, 0.5) is 4.39 Å². The van der Waals surface area contributed by atoms with Gasteiger partial charge in [-0.05, 0) is 18.6 Å². The van der Waals surface area contributed by atoms with Gasteiger partial charge in [0.15, 0.2) is 0 Å². The first-order valence-electron chi connectivity index (χ1n) is 5.87. The summed E-state index contributed by atoms with van der Waals surface area (Å²) in [5, 5.41) is 12.8. The van der Waals surface area contributed by atoms with Gasteiger partial charge in [0.25, 0.3) is 5.82 Å². The van der Waals surface area contributed by atoms with Gasteiger partial charge in [-0.15, -0.1) is 5.10 Å². The van der Waals surface area contributed by atoms with Crippen molar-refractivity contribution >= 4 is 5.97 Å². The van der Waals surface area contributed by atoms with E-state index in [-0.39, 0.29) is 17.4 Å². The number of para-hydroxylation sites is 1. The molecule has 1 aromatic carbocycles. The van der Waals surface area contributed by atoms with Gasteiger partial charge in [0.2, 0.25) is 0 Å². The van der Waals surface area contributed by atoms with E-state index < -0.39 is 11.8 Å². The molecular formula is C13H14FN3O2. The van der Waals surface area contributed by atoms with Gasteiger partial charge in [0.05, 0.1) is 0 Å². The molecule has 0 amide bonds. The Morgan fingerprint density at radius 1 is 1.42 bits per heavy atom. The lowest BCUT2D eigenvalue weighted by Crippen LogP contribution is -2.08. The predicted octanol–water partition coefficient (Wildman–Crippen LogP) is 2.54. The summed E-state index contributed by atoms with van der Waals surface area (Å²) in [7, 11) is 0. The van der Waals surface area contributed by atoms with Crippen LogP contribution in [0.5, 0.6) is 0 Å². The van der Waals surface area contributed by atoms with E-state index in [9.17, 15) is 9.18 Å². The average Bonchev–Trinajstić information content (AvgIpc) is 2.73. The minimum absolute atomic E-state index is 0.0698. The van der Waals surface area contributed by atoms with E-state index >= 15 is 0 Å². The standard InChI is InChI=1S/C13H14FN3O2/c1-7(2)12-15-11(13(18)19)16-17(12)10-8(3)5-4-6-9(10)14/h4-7H,1-3H3,(H,18,19). The van der Waals surface area contributed by atoms with E-state index in [4.69, 9.17) is 5.11 Å². The van der Waals surface area contributed by atoms with Crippen LogP contribution >= 0.6 is 0 Å². The molecule has 0 spiro atoms. The topological polar surface area (TPSA) is 68.0 Å². The van der Waals surface area contributed by atoms with Crippen molar-refractivity contribution in [3.8, 4) is 5.69 Å². The Labute approximate surface area is 109 Å². The van der Waals surface area contributed by atoms with Gasteiger partial charge in [-0.3, -0.25) is 0 Å². The van der Waals surface area contributed by atoms with Crippen molar-refractivity contribution in [1.29, 1.82) is 0 Å². The van der Waals surface area contributed by atoms with Gasteiger partial charge in [0.1, 0.15) is 17.3 Å². The number of hydrogen-bond donors (Lipinski definition) is 1. The van der Waals surface area contributed by atoms with E-state index in [0.29, 0.717) is 11.4 Å². The lowest BCUT2D eigenvalue weighted by Gasteiger charge is -2.11. The number of aromatic nitrogens is 3. The van der Waals surface area contributed by atoms with E-state index in [1.54, 1.807) is 19.1 Å². The number of benzene rings is 1. The monoisotopic (exact) mass is 263 g/mol. The Morgan fingerprint density at radius 3 is 2.63 bits per heavy atom. The lowest BCUT2D eigenvalue weighted by atomic mass is 10.1. The summed E-state index contributed by atoms with van der Waals surface area (Å²) in [6, 6.07) is 4.65. The number of nitrogens with zero attached hydrogens (tertiary/aromatic N) is 3. The molecule has 1 aromatic heterocycles. The smallest absolute Gasteiger partial charge is 0.375 e. The predicted molar refractivity (Wildman–Crippen MR) is 67.1 cm³/mol. The Bertz CT molecular complexity index is 615. The summed E-state index contributed by atoms with van der Waals surface area (Å²) in [6.07, 6.45) is 0. The zero-order valence-corrected chi connectivity index (χ0v) is 10.9.